The van der Waals surface area contributed by atoms with Crippen LogP contribution in [0.15, 0.2) is 60.7 Å². The maximum atomic E-state index is 13.2. The van der Waals surface area contributed by atoms with Crippen LogP contribution in [0.2, 0.25) is 0 Å². The van der Waals surface area contributed by atoms with Crippen LogP contribution in [0.4, 0.5) is 15.9 Å². The summed E-state index contributed by atoms with van der Waals surface area (Å²) in [5.74, 6) is -0.333. The Morgan fingerprint density at radius 2 is 1.59 bits per heavy atom. The quantitative estimate of drug-likeness (QED) is 0.665. The van der Waals surface area contributed by atoms with Gasteiger partial charge in [-0.2, -0.15) is 5.10 Å². The van der Waals surface area contributed by atoms with Gasteiger partial charge in [0.05, 0.1) is 5.69 Å². The number of halogens is 1. The lowest BCUT2D eigenvalue weighted by Gasteiger charge is -2.35. The molecule has 2 amide bonds. The topological polar surface area (TPSA) is 70.5 Å². The fourth-order valence-corrected chi connectivity index (χ4v) is 3.59. The van der Waals surface area contributed by atoms with Gasteiger partial charge in [0.25, 0.3) is 5.91 Å². The Balaban J connectivity index is 1.51. The number of hydrogen-bond donors (Lipinski definition) is 1. The standard InChI is InChI=1S/C24H26FN5O2/c1-17(2)23(31)26-22-16-21(27-30(22)20-6-4-3-5-7-20)24(32)29-14-12-28(13-15-29)19-10-8-18(25)9-11-19/h3-11,16-17H,12-15H2,1-2H3,(H,26,31). The molecule has 166 valence electrons. The van der Waals surface area contributed by atoms with Gasteiger partial charge in [0.2, 0.25) is 5.91 Å². The van der Waals surface area contributed by atoms with E-state index in [1.807, 2.05) is 44.2 Å². The van der Waals surface area contributed by atoms with Crippen molar-refractivity contribution in [2.24, 2.45) is 5.92 Å². The lowest BCUT2D eigenvalue weighted by atomic mass is 10.2. The zero-order chi connectivity index (χ0) is 22.7. The fourth-order valence-electron chi connectivity index (χ4n) is 3.59. The molecule has 7 nitrogen and oxygen atoms in total. The van der Waals surface area contributed by atoms with Crippen molar-refractivity contribution in [1.82, 2.24) is 14.7 Å². The van der Waals surface area contributed by atoms with Crippen molar-refractivity contribution in [3.63, 3.8) is 0 Å². The first-order valence-electron chi connectivity index (χ1n) is 10.7. The average Bonchev–Trinajstić information content (AvgIpc) is 3.23. The minimum Gasteiger partial charge on any atom is -0.368 e. The second kappa shape index (κ2) is 9.21. The molecule has 0 saturated carbocycles. The van der Waals surface area contributed by atoms with Crippen LogP contribution < -0.4 is 10.2 Å². The summed E-state index contributed by atoms with van der Waals surface area (Å²) in [4.78, 5) is 29.3. The highest BCUT2D eigenvalue weighted by Gasteiger charge is 2.26. The Hall–Kier alpha value is -3.68. The predicted molar refractivity (Wildman–Crippen MR) is 122 cm³/mol. The Bertz CT molecular complexity index is 1090. The van der Waals surface area contributed by atoms with Crippen LogP contribution in [0.3, 0.4) is 0 Å². The zero-order valence-electron chi connectivity index (χ0n) is 18.2. The number of para-hydroxylation sites is 1. The highest BCUT2D eigenvalue weighted by atomic mass is 19.1. The first-order chi connectivity index (χ1) is 15.4. The molecule has 0 atom stereocenters. The van der Waals surface area contributed by atoms with Gasteiger partial charge in [0, 0.05) is 43.9 Å². The molecule has 32 heavy (non-hydrogen) atoms. The van der Waals surface area contributed by atoms with Crippen LogP contribution in [-0.2, 0) is 4.79 Å². The average molecular weight is 436 g/mol. The largest absolute Gasteiger partial charge is 0.368 e. The molecule has 0 bridgehead atoms. The predicted octanol–water partition coefficient (Wildman–Crippen LogP) is 3.57. The molecule has 1 aliphatic heterocycles. The van der Waals surface area contributed by atoms with Crippen LogP contribution in [0, 0.1) is 11.7 Å². The minimum absolute atomic E-state index is 0.144. The number of carbonyl (C=O) groups is 2. The number of aromatic nitrogens is 2. The van der Waals surface area contributed by atoms with E-state index in [4.69, 9.17) is 0 Å². The molecule has 1 N–H and O–H groups in total. The molecule has 2 heterocycles. The smallest absolute Gasteiger partial charge is 0.274 e. The summed E-state index contributed by atoms with van der Waals surface area (Å²) >= 11 is 0. The zero-order valence-corrected chi connectivity index (χ0v) is 18.2. The molecule has 0 unspecified atom stereocenters. The monoisotopic (exact) mass is 435 g/mol. The van der Waals surface area contributed by atoms with E-state index in [2.05, 4.69) is 15.3 Å². The number of nitrogens with one attached hydrogen (secondary N) is 1. The van der Waals surface area contributed by atoms with Crippen LogP contribution in [0.5, 0.6) is 0 Å². The van der Waals surface area contributed by atoms with Gasteiger partial charge < -0.3 is 15.1 Å². The van der Waals surface area contributed by atoms with Crippen molar-refractivity contribution in [2.75, 3.05) is 36.4 Å². The molecule has 3 aromatic rings. The number of carbonyl (C=O) groups excluding carboxylic acids is 2. The van der Waals surface area contributed by atoms with E-state index in [0.717, 1.165) is 11.4 Å². The number of anilines is 2. The van der Waals surface area contributed by atoms with Gasteiger partial charge in [0.1, 0.15) is 11.6 Å². The van der Waals surface area contributed by atoms with E-state index in [1.54, 1.807) is 27.8 Å². The van der Waals surface area contributed by atoms with E-state index in [-0.39, 0.29) is 29.2 Å². The van der Waals surface area contributed by atoms with Crippen LogP contribution >= 0.6 is 0 Å². The van der Waals surface area contributed by atoms with E-state index in [1.165, 1.54) is 12.1 Å². The van der Waals surface area contributed by atoms with Crippen molar-refractivity contribution in [1.29, 1.82) is 0 Å². The number of hydrogen-bond acceptors (Lipinski definition) is 4. The third-order valence-electron chi connectivity index (χ3n) is 5.46. The van der Waals surface area contributed by atoms with Crippen LogP contribution in [-0.4, -0.2) is 52.7 Å². The highest BCUT2D eigenvalue weighted by Crippen LogP contribution is 2.21. The Kier molecular flexibility index (Phi) is 6.20. The SMILES string of the molecule is CC(C)C(=O)Nc1cc(C(=O)N2CCN(c3ccc(F)cc3)CC2)nn1-c1ccccc1. The maximum absolute atomic E-state index is 13.2. The molecule has 8 heteroatoms. The fraction of sp³-hybridized carbons (Fsp3) is 0.292. The summed E-state index contributed by atoms with van der Waals surface area (Å²) in [5, 5.41) is 7.38. The van der Waals surface area contributed by atoms with Gasteiger partial charge in [-0.15, -0.1) is 0 Å². The van der Waals surface area contributed by atoms with Gasteiger partial charge in [-0.3, -0.25) is 9.59 Å². The first kappa shape index (κ1) is 21.5. The molecule has 1 fully saturated rings. The molecule has 4 rings (SSSR count). The Morgan fingerprint density at radius 1 is 0.938 bits per heavy atom. The van der Waals surface area contributed by atoms with E-state index in [0.29, 0.717) is 32.0 Å². The number of rotatable bonds is 5. The van der Waals surface area contributed by atoms with Crippen molar-refractivity contribution >= 4 is 23.3 Å². The highest BCUT2D eigenvalue weighted by molar-refractivity contribution is 5.96. The third kappa shape index (κ3) is 4.64. The Morgan fingerprint density at radius 3 is 2.22 bits per heavy atom. The van der Waals surface area contributed by atoms with Crippen molar-refractivity contribution in [2.45, 2.75) is 13.8 Å². The number of nitrogens with zero attached hydrogens (tertiary/aromatic N) is 4. The maximum Gasteiger partial charge on any atom is 0.274 e. The summed E-state index contributed by atoms with van der Waals surface area (Å²) in [6.45, 7) is 5.97. The van der Waals surface area contributed by atoms with E-state index < -0.39 is 0 Å². The summed E-state index contributed by atoms with van der Waals surface area (Å²) in [6.07, 6.45) is 0. The first-order valence-corrected chi connectivity index (χ1v) is 10.7. The number of piperazine rings is 1. The van der Waals surface area contributed by atoms with Gasteiger partial charge in [-0.25, -0.2) is 9.07 Å². The lowest BCUT2D eigenvalue weighted by molar-refractivity contribution is -0.118. The van der Waals surface area contributed by atoms with Crippen molar-refractivity contribution in [3.05, 3.63) is 72.2 Å². The summed E-state index contributed by atoms with van der Waals surface area (Å²) in [7, 11) is 0. The van der Waals surface area contributed by atoms with E-state index >= 15 is 0 Å². The molecule has 1 saturated heterocycles. The summed E-state index contributed by atoms with van der Waals surface area (Å²) in [5.41, 5.74) is 1.97. The molecule has 0 spiro atoms. The van der Waals surface area contributed by atoms with Gasteiger partial charge in [-0.05, 0) is 36.4 Å². The molecular formula is C24H26FN5O2. The molecule has 0 radical (unpaired) electrons. The lowest BCUT2D eigenvalue weighted by Crippen LogP contribution is -2.48. The summed E-state index contributed by atoms with van der Waals surface area (Å²) in [6, 6.07) is 17.4. The molecule has 1 aliphatic rings. The normalized spacial score (nSPS) is 14.0. The second-order valence-corrected chi connectivity index (χ2v) is 8.06. The molecule has 2 aromatic carbocycles. The summed E-state index contributed by atoms with van der Waals surface area (Å²) < 4.78 is 14.8. The van der Waals surface area contributed by atoms with Gasteiger partial charge >= 0.3 is 0 Å². The van der Waals surface area contributed by atoms with Gasteiger partial charge in [0.15, 0.2) is 5.69 Å². The van der Waals surface area contributed by atoms with Crippen LogP contribution in [0.1, 0.15) is 24.3 Å². The Labute approximate surface area is 186 Å². The van der Waals surface area contributed by atoms with Gasteiger partial charge in [-0.1, -0.05) is 32.0 Å². The van der Waals surface area contributed by atoms with Crippen molar-refractivity contribution < 1.29 is 14.0 Å². The number of benzene rings is 2. The second-order valence-electron chi connectivity index (χ2n) is 8.06. The number of amides is 2. The molecule has 0 aliphatic carbocycles. The van der Waals surface area contributed by atoms with E-state index in [9.17, 15) is 14.0 Å². The van der Waals surface area contributed by atoms with Crippen LogP contribution in [0.25, 0.3) is 5.69 Å². The molecule has 1 aromatic heterocycles. The minimum atomic E-state index is -0.267. The third-order valence-corrected chi connectivity index (χ3v) is 5.46. The van der Waals surface area contributed by atoms with Crippen molar-refractivity contribution in [3.8, 4) is 5.69 Å². The molecular weight excluding hydrogens is 409 g/mol.